The Morgan fingerprint density at radius 2 is 1.30 bits per heavy atom. The van der Waals surface area contributed by atoms with Gasteiger partial charge in [-0.1, -0.05) is 53.5 Å². The Kier molecular flexibility index (Phi) is 8.70. The van der Waals surface area contributed by atoms with Crippen molar-refractivity contribution in [2.75, 3.05) is 13.1 Å². The zero-order valence-corrected chi connectivity index (χ0v) is 27.0. The molecule has 0 unspecified atom stereocenters. The van der Waals surface area contributed by atoms with E-state index in [1.165, 1.54) is 24.3 Å². The fraction of sp³-hybridized carbons (Fsp3) is 0.265. The number of phenols is 1. The molecule has 44 heavy (non-hydrogen) atoms. The highest BCUT2D eigenvalue weighted by molar-refractivity contribution is 7.89. The second-order valence-electron chi connectivity index (χ2n) is 11.5. The average molecular weight is 669 g/mol. The minimum absolute atomic E-state index is 0. The van der Waals surface area contributed by atoms with E-state index in [1.807, 2.05) is 24.3 Å². The van der Waals surface area contributed by atoms with Gasteiger partial charge in [-0.15, -0.1) is 12.4 Å². The van der Waals surface area contributed by atoms with E-state index >= 15 is 0 Å². The number of phenolic OH excluding ortho intramolecular Hbond substituents is 1. The molecule has 0 amide bonds. The number of aromatic nitrogens is 2. The molecule has 2 aliphatic rings. The number of piperidine rings is 1. The first-order valence-electron chi connectivity index (χ1n) is 14.6. The summed E-state index contributed by atoms with van der Waals surface area (Å²) in [6, 6.07) is 28.4. The van der Waals surface area contributed by atoms with Gasteiger partial charge in [0.15, 0.2) is 0 Å². The van der Waals surface area contributed by atoms with E-state index in [4.69, 9.17) is 28.2 Å². The molecule has 0 bridgehead atoms. The Morgan fingerprint density at radius 1 is 0.750 bits per heavy atom. The Balaban J connectivity index is 0.00000343. The summed E-state index contributed by atoms with van der Waals surface area (Å²) in [6.45, 7) is 0.852. The van der Waals surface area contributed by atoms with Crippen molar-refractivity contribution in [3.63, 3.8) is 0 Å². The number of hydrogen-bond acceptors (Lipinski definition) is 4. The molecule has 1 aromatic heterocycles. The molecule has 5 aromatic rings. The summed E-state index contributed by atoms with van der Waals surface area (Å²) < 4.78 is 30.6. The van der Waals surface area contributed by atoms with Gasteiger partial charge in [-0.05, 0) is 103 Å². The largest absolute Gasteiger partial charge is 0.508 e. The predicted octanol–water partition coefficient (Wildman–Crippen LogP) is 8.55. The van der Waals surface area contributed by atoms with E-state index in [2.05, 4.69) is 47.0 Å². The van der Waals surface area contributed by atoms with E-state index in [1.54, 1.807) is 4.31 Å². The second-order valence-corrected chi connectivity index (χ2v) is 14.3. The molecular formula is C34H32Cl3N3O3S. The number of benzene rings is 4. The van der Waals surface area contributed by atoms with Crippen LogP contribution in [0, 0.1) is 0 Å². The van der Waals surface area contributed by atoms with Crippen LogP contribution in [0.15, 0.2) is 95.9 Å². The Labute approximate surface area is 273 Å². The smallest absolute Gasteiger partial charge is 0.243 e. The third-order valence-electron chi connectivity index (χ3n) is 8.69. The summed E-state index contributed by atoms with van der Waals surface area (Å²) in [5, 5.41) is 11.0. The molecule has 4 aromatic carbocycles. The quantitative estimate of drug-likeness (QED) is 0.176. The molecule has 0 atom stereocenters. The van der Waals surface area contributed by atoms with Crippen molar-refractivity contribution in [1.29, 1.82) is 0 Å². The Bertz CT molecular complexity index is 1840. The molecule has 2 fully saturated rings. The van der Waals surface area contributed by atoms with Gasteiger partial charge in [-0.2, -0.15) is 4.31 Å². The van der Waals surface area contributed by atoms with Crippen molar-refractivity contribution < 1.29 is 13.5 Å². The van der Waals surface area contributed by atoms with Crippen molar-refractivity contribution in [2.45, 2.75) is 48.5 Å². The van der Waals surface area contributed by atoms with Gasteiger partial charge in [0, 0.05) is 41.0 Å². The van der Waals surface area contributed by atoms with Gasteiger partial charge in [0.05, 0.1) is 15.9 Å². The fourth-order valence-electron chi connectivity index (χ4n) is 6.32. The van der Waals surface area contributed by atoms with E-state index in [0.29, 0.717) is 41.9 Å². The number of aromatic hydroxyl groups is 1. The molecule has 0 spiro atoms. The van der Waals surface area contributed by atoms with Crippen LogP contribution >= 0.6 is 35.6 Å². The van der Waals surface area contributed by atoms with Crippen molar-refractivity contribution in [1.82, 2.24) is 13.9 Å². The van der Waals surface area contributed by atoms with Gasteiger partial charge in [0.2, 0.25) is 10.0 Å². The molecule has 2 heterocycles. The molecule has 1 saturated carbocycles. The van der Waals surface area contributed by atoms with Crippen LogP contribution in [-0.2, 0) is 10.0 Å². The summed E-state index contributed by atoms with van der Waals surface area (Å²) >= 11 is 12.5. The van der Waals surface area contributed by atoms with Crippen LogP contribution in [0.1, 0.15) is 66.1 Å². The van der Waals surface area contributed by atoms with Gasteiger partial charge in [-0.3, -0.25) is 0 Å². The number of imidazole rings is 1. The highest BCUT2D eigenvalue weighted by atomic mass is 35.5. The maximum absolute atomic E-state index is 13.3. The molecule has 1 N–H and O–H groups in total. The first-order valence-corrected chi connectivity index (χ1v) is 16.8. The molecule has 1 aliphatic carbocycles. The topological polar surface area (TPSA) is 75.4 Å². The monoisotopic (exact) mass is 667 g/mol. The lowest BCUT2D eigenvalue weighted by molar-refractivity contribution is 0.274. The van der Waals surface area contributed by atoms with Crippen molar-refractivity contribution >= 4 is 56.7 Å². The van der Waals surface area contributed by atoms with Gasteiger partial charge < -0.3 is 9.67 Å². The number of hydrogen-bond donors (Lipinski definition) is 1. The highest BCUT2D eigenvalue weighted by Crippen LogP contribution is 2.44. The van der Waals surface area contributed by atoms with Crippen molar-refractivity contribution in [3.8, 4) is 5.75 Å². The van der Waals surface area contributed by atoms with Gasteiger partial charge >= 0.3 is 0 Å². The molecule has 10 heteroatoms. The van der Waals surface area contributed by atoms with Crippen molar-refractivity contribution in [3.05, 3.63) is 124 Å². The average Bonchev–Trinajstić information content (AvgIpc) is 3.79. The Hall–Kier alpha value is -3.07. The second kappa shape index (κ2) is 12.4. The van der Waals surface area contributed by atoms with E-state index in [0.717, 1.165) is 46.4 Å². The number of fused-ring (bicyclic) bond motifs is 1. The van der Waals surface area contributed by atoms with Crippen molar-refractivity contribution in [2.24, 2.45) is 0 Å². The maximum atomic E-state index is 13.3. The summed E-state index contributed by atoms with van der Waals surface area (Å²) in [5.41, 5.74) is 5.47. The molecule has 228 valence electrons. The van der Waals surface area contributed by atoms with Gasteiger partial charge in [0.25, 0.3) is 0 Å². The van der Waals surface area contributed by atoms with Crippen LogP contribution in [0.5, 0.6) is 5.75 Å². The SMILES string of the molecule is Cl.O=S(=O)(c1ccc(O)cc1)N1CCC(n2c(C3CC3)nc3ccc(C(c4ccc(Cl)cc4)c4ccc(Cl)cc4)cc32)CC1. The van der Waals surface area contributed by atoms with Crippen LogP contribution < -0.4 is 0 Å². The highest BCUT2D eigenvalue weighted by Gasteiger charge is 2.35. The van der Waals surface area contributed by atoms with E-state index in [-0.39, 0.29) is 35.0 Å². The van der Waals surface area contributed by atoms with E-state index < -0.39 is 10.0 Å². The van der Waals surface area contributed by atoms with E-state index in [9.17, 15) is 13.5 Å². The van der Waals surface area contributed by atoms with Crippen LogP contribution in [0.4, 0.5) is 0 Å². The lowest BCUT2D eigenvalue weighted by Crippen LogP contribution is -2.39. The molecule has 6 nitrogen and oxygen atoms in total. The first kappa shape index (κ1) is 30.9. The lowest BCUT2D eigenvalue weighted by atomic mass is 9.85. The molecule has 1 aliphatic heterocycles. The first-order chi connectivity index (χ1) is 20.8. The lowest BCUT2D eigenvalue weighted by Gasteiger charge is -2.33. The molecule has 7 rings (SSSR count). The number of sulfonamides is 1. The third-order valence-corrected chi connectivity index (χ3v) is 11.1. The maximum Gasteiger partial charge on any atom is 0.243 e. The molecular weight excluding hydrogens is 637 g/mol. The van der Waals surface area contributed by atoms with Crippen LogP contribution in [-0.4, -0.2) is 40.5 Å². The summed E-state index contributed by atoms with van der Waals surface area (Å²) in [5.74, 6) is 1.58. The molecule has 1 saturated heterocycles. The molecule has 0 radical (unpaired) electrons. The standard InChI is InChI=1S/C34H31Cl2N3O3S.ClH/c35-26-8-3-22(4-9-26)33(23-5-10-27(36)11-6-23)25-7-16-31-32(21-25)39(34(37-31)24-1-2-24)28-17-19-38(20-18-28)43(41,42)30-14-12-29(40)13-15-30;/h3-16,21,24,28,33,40H,1-2,17-20H2;1H. The fourth-order valence-corrected chi connectivity index (χ4v) is 8.04. The summed E-state index contributed by atoms with van der Waals surface area (Å²) in [6.07, 6.45) is 3.65. The minimum atomic E-state index is -3.63. The normalized spacial score (nSPS) is 16.3. The van der Waals surface area contributed by atoms with Crippen LogP contribution in [0.25, 0.3) is 11.0 Å². The Morgan fingerprint density at radius 3 is 1.84 bits per heavy atom. The van der Waals surface area contributed by atoms with Gasteiger partial charge in [0.1, 0.15) is 11.6 Å². The third kappa shape index (κ3) is 5.96. The minimum Gasteiger partial charge on any atom is -0.508 e. The zero-order chi connectivity index (χ0) is 29.7. The van der Waals surface area contributed by atoms with Crippen LogP contribution in [0.2, 0.25) is 10.0 Å². The van der Waals surface area contributed by atoms with Gasteiger partial charge in [-0.25, -0.2) is 13.4 Å². The predicted molar refractivity (Wildman–Crippen MR) is 178 cm³/mol. The zero-order valence-electron chi connectivity index (χ0n) is 23.8. The number of halogens is 3. The van der Waals surface area contributed by atoms with Crippen LogP contribution in [0.3, 0.4) is 0 Å². The summed E-state index contributed by atoms with van der Waals surface area (Å²) in [7, 11) is -3.63. The number of nitrogens with zero attached hydrogens (tertiary/aromatic N) is 3. The summed E-state index contributed by atoms with van der Waals surface area (Å²) in [4.78, 5) is 5.32. The number of rotatable bonds is 7.